The SMILES string of the molecule is CCCCCCc1ccc(S(OS(=O)(=O)c2ccc(C)cc2)(c2ccccc2)c2ccc(CCCCCC)cc2)cc1. The lowest BCUT2D eigenvalue weighted by molar-refractivity contribution is 0.508. The van der Waals surface area contributed by atoms with Crippen LogP contribution >= 0.6 is 10.3 Å². The molecule has 0 radical (unpaired) electrons. The van der Waals surface area contributed by atoms with Gasteiger partial charge in [-0.2, -0.15) is 8.42 Å². The van der Waals surface area contributed by atoms with E-state index in [1.165, 1.54) is 49.7 Å². The summed E-state index contributed by atoms with van der Waals surface area (Å²) >= 11 is 0. The van der Waals surface area contributed by atoms with Crippen LogP contribution in [0.2, 0.25) is 0 Å². The molecule has 0 aliphatic carbocycles. The maximum Gasteiger partial charge on any atom is 0.307 e. The van der Waals surface area contributed by atoms with Crippen molar-refractivity contribution in [3.05, 3.63) is 120 Å². The van der Waals surface area contributed by atoms with Gasteiger partial charge in [-0.15, -0.1) is 0 Å². The minimum Gasteiger partial charge on any atom is -0.203 e. The normalized spacial score (nSPS) is 12.4. The van der Waals surface area contributed by atoms with Gasteiger partial charge < -0.3 is 0 Å². The smallest absolute Gasteiger partial charge is 0.203 e. The minimum atomic E-state index is -4.10. The molecule has 4 aromatic carbocycles. The Balaban J connectivity index is 1.81. The molecule has 0 fully saturated rings. The first-order valence-electron chi connectivity index (χ1n) is 15.5. The van der Waals surface area contributed by atoms with Crippen LogP contribution in [0.1, 0.15) is 81.9 Å². The monoisotopic (exact) mass is 602 g/mol. The van der Waals surface area contributed by atoms with Crippen molar-refractivity contribution in [2.75, 3.05) is 0 Å². The number of hydrogen-bond acceptors (Lipinski definition) is 3. The van der Waals surface area contributed by atoms with E-state index < -0.39 is 20.4 Å². The van der Waals surface area contributed by atoms with Crippen molar-refractivity contribution < 1.29 is 12.0 Å². The van der Waals surface area contributed by atoms with Gasteiger partial charge in [0, 0.05) is 14.7 Å². The zero-order chi connectivity index (χ0) is 29.8. The van der Waals surface area contributed by atoms with Gasteiger partial charge in [-0.05, 0) is 103 Å². The fraction of sp³-hybridized carbons (Fsp3) is 0.351. The lowest BCUT2D eigenvalue weighted by Crippen LogP contribution is -2.14. The Morgan fingerprint density at radius 1 is 0.500 bits per heavy atom. The second-order valence-corrected chi connectivity index (χ2v) is 15.6. The van der Waals surface area contributed by atoms with Gasteiger partial charge in [0.1, 0.15) is 0 Å². The highest BCUT2D eigenvalue weighted by Crippen LogP contribution is 2.70. The second kappa shape index (κ2) is 15.6. The van der Waals surface area contributed by atoms with Crippen LogP contribution in [0.5, 0.6) is 0 Å². The summed E-state index contributed by atoms with van der Waals surface area (Å²) in [4.78, 5) is 2.77. The average molecular weight is 603 g/mol. The zero-order valence-corrected chi connectivity index (χ0v) is 27.1. The van der Waals surface area contributed by atoms with Gasteiger partial charge in [0.05, 0.1) is 4.90 Å². The zero-order valence-electron chi connectivity index (χ0n) is 25.4. The molecule has 0 unspecified atom stereocenters. The van der Waals surface area contributed by atoms with Crippen LogP contribution in [0.4, 0.5) is 0 Å². The highest BCUT2D eigenvalue weighted by atomic mass is 32.3. The highest BCUT2D eigenvalue weighted by molar-refractivity contribution is 8.33. The van der Waals surface area contributed by atoms with Crippen molar-refractivity contribution in [3.63, 3.8) is 0 Å². The van der Waals surface area contributed by atoms with Crippen LogP contribution in [0.25, 0.3) is 0 Å². The summed E-state index contributed by atoms with van der Waals surface area (Å²) in [7, 11) is -6.73. The van der Waals surface area contributed by atoms with Gasteiger partial charge in [-0.3, -0.25) is 0 Å². The predicted molar refractivity (Wildman–Crippen MR) is 177 cm³/mol. The topological polar surface area (TPSA) is 43.4 Å². The first-order chi connectivity index (χ1) is 20.4. The van der Waals surface area contributed by atoms with Crippen LogP contribution in [-0.2, 0) is 26.6 Å². The van der Waals surface area contributed by atoms with Gasteiger partial charge in [0.2, 0.25) is 0 Å². The predicted octanol–water partition coefficient (Wildman–Crippen LogP) is 10.8. The van der Waals surface area contributed by atoms with E-state index >= 15 is 0 Å². The Kier molecular flexibility index (Phi) is 11.9. The van der Waals surface area contributed by atoms with E-state index in [1.54, 1.807) is 12.1 Å². The molecule has 42 heavy (non-hydrogen) atoms. The van der Waals surface area contributed by atoms with Crippen molar-refractivity contribution in [3.8, 4) is 0 Å². The molecule has 4 rings (SSSR count). The van der Waals surface area contributed by atoms with Crippen LogP contribution in [0.3, 0.4) is 0 Å². The Bertz CT molecular complexity index is 1410. The molecular weight excluding hydrogens is 557 g/mol. The molecular formula is C37H46O3S2. The molecule has 4 aromatic rings. The molecule has 0 aliphatic rings. The molecule has 0 N–H and O–H groups in total. The molecule has 224 valence electrons. The van der Waals surface area contributed by atoms with E-state index in [9.17, 15) is 8.42 Å². The lowest BCUT2D eigenvalue weighted by atomic mass is 10.1. The van der Waals surface area contributed by atoms with Crippen LogP contribution < -0.4 is 0 Å². The quantitative estimate of drug-likeness (QED) is 0.120. The van der Waals surface area contributed by atoms with Crippen LogP contribution in [-0.4, -0.2) is 8.42 Å². The molecule has 0 aromatic heterocycles. The third kappa shape index (κ3) is 8.15. The number of rotatable bonds is 16. The van der Waals surface area contributed by atoms with E-state index in [0.717, 1.165) is 45.9 Å². The summed E-state index contributed by atoms with van der Waals surface area (Å²) in [5.74, 6) is 0. The number of benzene rings is 4. The second-order valence-electron chi connectivity index (χ2n) is 11.1. The molecule has 0 saturated carbocycles. The Morgan fingerprint density at radius 3 is 1.38 bits per heavy atom. The number of aryl methyl sites for hydroxylation is 3. The van der Waals surface area contributed by atoms with E-state index in [2.05, 4.69) is 62.4 Å². The molecule has 0 aliphatic heterocycles. The van der Waals surface area contributed by atoms with E-state index in [0.29, 0.717) is 0 Å². The third-order valence-electron chi connectivity index (χ3n) is 7.72. The maximum atomic E-state index is 14.0. The van der Waals surface area contributed by atoms with Gasteiger partial charge in [0.15, 0.2) is 0 Å². The highest BCUT2D eigenvalue weighted by Gasteiger charge is 2.38. The van der Waals surface area contributed by atoms with Crippen LogP contribution in [0, 0.1) is 6.92 Å². The maximum absolute atomic E-state index is 14.0. The Hall–Kier alpha value is -2.86. The molecule has 0 spiro atoms. The minimum absolute atomic E-state index is 0.168. The Labute approximate surface area is 256 Å². The van der Waals surface area contributed by atoms with Crippen molar-refractivity contribution in [2.45, 2.75) is 105 Å². The van der Waals surface area contributed by atoms with Gasteiger partial charge in [0.25, 0.3) is 0 Å². The number of unbranched alkanes of at least 4 members (excludes halogenated alkanes) is 6. The molecule has 0 saturated heterocycles. The van der Waals surface area contributed by atoms with E-state index in [1.807, 2.05) is 49.4 Å². The van der Waals surface area contributed by atoms with Crippen molar-refractivity contribution >= 4 is 20.4 Å². The summed E-state index contributed by atoms with van der Waals surface area (Å²) < 4.78 is 34.6. The molecule has 3 nitrogen and oxygen atoms in total. The summed E-state index contributed by atoms with van der Waals surface area (Å²) in [5, 5.41) is 0. The molecule has 0 atom stereocenters. The summed E-state index contributed by atoms with van der Waals surface area (Å²) in [6.07, 6.45) is 11.7. The van der Waals surface area contributed by atoms with Gasteiger partial charge in [-0.1, -0.05) is 113 Å². The van der Waals surface area contributed by atoms with Crippen molar-refractivity contribution in [2.24, 2.45) is 0 Å². The lowest BCUT2D eigenvalue weighted by Gasteiger charge is -2.39. The van der Waals surface area contributed by atoms with E-state index in [-0.39, 0.29) is 4.90 Å². The summed E-state index contributed by atoms with van der Waals surface area (Å²) in [6, 6.07) is 33.7. The number of hydrogen-bond donors (Lipinski definition) is 0. The van der Waals surface area contributed by atoms with Crippen LogP contribution in [0.15, 0.2) is 123 Å². The van der Waals surface area contributed by atoms with Gasteiger partial charge >= 0.3 is 10.1 Å². The van der Waals surface area contributed by atoms with E-state index in [4.69, 9.17) is 3.63 Å². The largest absolute Gasteiger partial charge is 0.307 e. The van der Waals surface area contributed by atoms with Crippen molar-refractivity contribution in [1.82, 2.24) is 0 Å². The van der Waals surface area contributed by atoms with Crippen molar-refractivity contribution in [1.29, 1.82) is 0 Å². The molecule has 5 heteroatoms. The standard InChI is InChI=1S/C37H46O3S2/c1-4-6-8-11-15-32-21-27-35(28-22-32)41(34-17-13-10-14-18-34,40-42(38,39)37-25-19-31(3)20-26-37)36-29-23-33(24-30-36)16-12-9-7-5-2/h10,13-14,17-30H,4-9,11-12,15-16H2,1-3H3. The fourth-order valence-corrected chi connectivity index (χ4v) is 10.4. The Morgan fingerprint density at radius 2 is 0.929 bits per heavy atom. The first-order valence-corrected chi connectivity index (χ1v) is 18.4. The molecule has 0 bridgehead atoms. The molecule has 0 amide bonds. The summed E-state index contributed by atoms with van der Waals surface area (Å²) in [6.45, 7) is 6.40. The first kappa shape index (κ1) is 32.1. The van der Waals surface area contributed by atoms with Gasteiger partial charge in [-0.25, -0.2) is 3.63 Å². The third-order valence-corrected chi connectivity index (χ3v) is 12.9. The average Bonchev–Trinajstić information content (AvgIpc) is 3.02. The fourth-order valence-electron chi connectivity index (χ4n) is 5.22. The summed E-state index contributed by atoms with van der Waals surface area (Å²) in [5.41, 5.74) is 3.53. The molecule has 0 heterocycles.